The van der Waals surface area contributed by atoms with Gasteiger partial charge in [-0.05, 0) is 46.6 Å². The van der Waals surface area contributed by atoms with E-state index in [9.17, 15) is 4.79 Å². The Bertz CT molecular complexity index is 953. The number of aromatic nitrogens is 2. The van der Waals surface area contributed by atoms with Crippen LogP contribution in [0, 0.1) is 12.8 Å². The zero-order valence-electron chi connectivity index (χ0n) is 14.4. The van der Waals surface area contributed by atoms with E-state index < -0.39 is 0 Å². The average molecular weight is 420 g/mol. The molecule has 7 heteroatoms. The van der Waals surface area contributed by atoms with Crippen LogP contribution in [0.2, 0.25) is 0 Å². The minimum Gasteiger partial charge on any atom is -0.495 e. The summed E-state index contributed by atoms with van der Waals surface area (Å²) in [5.74, 6) is 0.604. The van der Waals surface area contributed by atoms with E-state index in [2.05, 4.69) is 26.2 Å². The van der Waals surface area contributed by atoms with Crippen molar-refractivity contribution in [3.63, 3.8) is 0 Å². The van der Waals surface area contributed by atoms with Crippen LogP contribution in [0.3, 0.4) is 0 Å². The highest BCUT2D eigenvalue weighted by Gasteiger charge is 2.14. The number of rotatable bonds is 4. The number of nitrogens with one attached hydrogen (secondary N) is 1. The minimum atomic E-state index is -0.0863. The molecule has 0 radical (unpaired) electrons. The lowest BCUT2D eigenvalue weighted by Gasteiger charge is -2.10. The molecule has 0 fully saturated rings. The van der Waals surface area contributed by atoms with E-state index in [1.807, 2.05) is 44.4 Å². The van der Waals surface area contributed by atoms with Gasteiger partial charge in [-0.2, -0.15) is 0 Å². The van der Waals surface area contributed by atoms with Gasteiger partial charge in [-0.15, -0.1) is 11.3 Å². The molecule has 1 amide bonds. The summed E-state index contributed by atoms with van der Waals surface area (Å²) in [7, 11) is 1.63. The Morgan fingerprint density at radius 1 is 1.28 bits per heavy atom. The van der Waals surface area contributed by atoms with Crippen molar-refractivity contribution in [3.8, 4) is 17.1 Å². The van der Waals surface area contributed by atoms with Gasteiger partial charge in [0.15, 0.2) is 5.13 Å². The van der Waals surface area contributed by atoms with Gasteiger partial charge in [0.1, 0.15) is 11.4 Å². The predicted molar refractivity (Wildman–Crippen MR) is 105 cm³/mol. The lowest BCUT2D eigenvalue weighted by Crippen LogP contribution is -2.17. The lowest BCUT2D eigenvalue weighted by atomic mass is 10.1. The molecule has 1 aromatic carbocycles. The van der Waals surface area contributed by atoms with Crippen molar-refractivity contribution in [2.75, 3.05) is 12.4 Å². The molecule has 1 N–H and O–H groups in total. The molecular formula is C18H18BrN3O2S. The van der Waals surface area contributed by atoms with Crippen molar-refractivity contribution in [2.45, 2.75) is 20.8 Å². The quantitative estimate of drug-likeness (QED) is 0.643. The summed E-state index contributed by atoms with van der Waals surface area (Å²) in [4.78, 5) is 21.1. The average Bonchev–Trinajstić information content (AvgIpc) is 3.04. The Balaban J connectivity index is 2.03. The normalized spacial score (nSPS) is 11.1. The molecule has 0 aliphatic carbocycles. The molecule has 25 heavy (non-hydrogen) atoms. The number of carbonyl (C=O) groups excluding carboxylic acids is 1. The second kappa shape index (κ2) is 7.09. The summed E-state index contributed by atoms with van der Waals surface area (Å²) in [6, 6.07) is 5.92. The van der Waals surface area contributed by atoms with Gasteiger partial charge in [0, 0.05) is 16.7 Å². The SMILES string of the molecule is COc1ccc2c(C)cc(-c3csc(NC(=O)C(C)C)n3)nc2c1Br. The molecule has 2 heterocycles. The number of hydrogen-bond donors (Lipinski definition) is 1. The topological polar surface area (TPSA) is 64.1 Å². The number of aryl methyl sites for hydroxylation is 1. The van der Waals surface area contributed by atoms with Crippen LogP contribution >= 0.6 is 27.3 Å². The number of nitrogens with zero attached hydrogens (tertiary/aromatic N) is 2. The third kappa shape index (κ3) is 3.52. The van der Waals surface area contributed by atoms with E-state index in [1.54, 1.807) is 7.11 Å². The zero-order valence-corrected chi connectivity index (χ0v) is 16.8. The number of hydrogen-bond acceptors (Lipinski definition) is 5. The zero-order chi connectivity index (χ0) is 18.1. The van der Waals surface area contributed by atoms with Crippen molar-refractivity contribution in [2.24, 2.45) is 5.92 Å². The van der Waals surface area contributed by atoms with Crippen LogP contribution in [-0.2, 0) is 4.79 Å². The van der Waals surface area contributed by atoms with Crippen LogP contribution in [-0.4, -0.2) is 23.0 Å². The first-order valence-electron chi connectivity index (χ1n) is 7.81. The van der Waals surface area contributed by atoms with Crippen molar-refractivity contribution >= 4 is 49.2 Å². The first-order chi connectivity index (χ1) is 11.9. The van der Waals surface area contributed by atoms with Crippen LogP contribution in [0.4, 0.5) is 5.13 Å². The van der Waals surface area contributed by atoms with Crippen LogP contribution in [0.25, 0.3) is 22.3 Å². The van der Waals surface area contributed by atoms with Crippen LogP contribution in [0.15, 0.2) is 28.1 Å². The van der Waals surface area contributed by atoms with E-state index >= 15 is 0 Å². The molecule has 0 atom stereocenters. The van der Waals surface area contributed by atoms with Crippen molar-refractivity contribution < 1.29 is 9.53 Å². The third-order valence-corrected chi connectivity index (χ3v) is 5.36. The maximum Gasteiger partial charge on any atom is 0.228 e. The molecule has 2 aromatic heterocycles. The number of thiazole rings is 1. The summed E-state index contributed by atoms with van der Waals surface area (Å²) in [6.45, 7) is 5.74. The van der Waals surface area contributed by atoms with Gasteiger partial charge in [0.2, 0.25) is 5.91 Å². The van der Waals surface area contributed by atoms with Crippen LogP contribution in [0.1, 0.15) is 19.4 Å². The van der Waals surface area contributed by atoms with E-state index in [-0.39, 0.29) is 11.8 Å². The van der Waals surface area contributed by atoms with Gasteiger partial charge in [0.25, 0.3) is 0 Å². The van der Waals surface area contributed by atoms with Crippen LogP contribution in [0.5, 0.6) is 5.75 Å². The van der Waals surface area contributed by atoms with Gasteiger partial charge < -0.3 is 10.1 Å². The van der Waals surface area contributed by atoms with Crippen molar-refractivity contribution in [3.05, 3.63) is 33.6 Å². The van der Waals surface area contributed by atoms with Gasteiger partial charge in [0.05, 0.1) is 22.8 Å². The lowest BCUT2D eigenvalue weighted by molar-refractivity contribution is -0.118. The monoisotopic (exact) mass is 419 g/mol. The predicted octanol–water partition coefficient (Wildman–Crippen LogP) is 5.03. The molecule has 0 aliphatic heterocycles. The fraction of sp³-hybridized carbons (Fsp3) is 0.278. The number of fused-ring (bicyclic) bond motifs is 1. The smallest absolute Gasteiger partial charge is 0.228 e. The number of methoxy groups -OCH3 is 1. The molecule has 0 bridgehead atoms. The maximum atomic E-state index is 11.8. The van der Waals surface area contributed by atoms with Crippen molar-refractivity contribution in [1.29, 1.82) is 0 Å². The number of pyridine rings is 1. The summed E-state index contributed by atoms with van der Waals surface area (Å²) in [5, 5.41) is 6.36. The van der Waals surface area contributed by atoms with Gasteiger partial charge >= 0.3 is 0 Å². The summed E-state index contributed by atoms with van der Waals surface area (Å²) in [5.41, 5.74) is 3.43. The van der Waals surface area contributed by atoms with Crippen molar-refractivity contribution in [1.82, 2.24) is 9.97 Å². The van der Waals surface area contributed by atoms with E-state index in [0.717, 1.165) is 38.1 Å². The van der Waals surface area contributed by atoms with Crippen LogP contribution < -0.4 is 10.1 Å². The minimum absolute atomic E-state index is 0.0453. The molecule has 0 aliphatic rings. The number of halogens is 1. The number of carbonyl (C=O) groups is 1. The van der Waals surface area contributed by atoms with Gasteiger partial charge in [-0.3, -0.25) is 4.79 Å². The standard InChI is InChI=1S/C18H18BrN3O2S/c1-9(2)17(23)22-18-21-13(8-25-18)12-7-10(3)11-5-6-14(24-4)15(19)16(11)20-12/h5-9H,1-4H3,(H,21,22,23). The Morgan fingerprint density at radius 3 is 2.72 bits per heavy atom. The first kappa shape index (κ1) is 17.8. The molecule has 0 saturated heterocycles. The highest BCUT2D eigenvalue weighted by molar-refractivity contribution is 9.10. The molecule has 3 aromatic rings. The Labute approximate surface area is 158 Å². The van der Waals surface area contributed by atoms with E-state index in [4.69, 9.17) is 9.72 Å². The second-order valence-electron chi connectivity index (χ2n) is 5.98. The summed E-state index contributed by atoms with van der Waals surface area (Å²) >= 11 is 4.97. The Hall–Kier alpha value is -1.99. The van der Waals surface area contributed by atoms with Gasteiger partial charge in [-0.25, -0.2) is 9.97 Å². The largest absolute Gasteiger partial charge is 0.495 e. The molecule has 5 nitrogen and oxygen atoms in total. The molecule has 130 valence electrons. The number of anilines is 1. The number of ether oxygens (including phenoxy) is 1. The molecule has 0 saturated carbocycles. The maximum absolute atomic E-state index is 11.8. The highest BCUT2D eigenvalue weighted by Crippen LogP contribution is 2.35. The Morgan fingerprint density at radius 2 is 2.04 bits per heavy atom. The van der Waals surface area contributed by atoms with E-state index in [1.165, 1.54) is 11.3 Å². The third-order valence-electron chi connectivity index (χ3n) is 3.83. The molecule has 3 rings (SSSR count). The fourth-order valence-corrected chi connectivity index (χ4v) is 3.70. The molecular weight excluding hydrogens is 402 g/mol. The summed E-state index contributed by atoms with van der Waals surface area (Å²) < 4.78 is 6.18. The first-order valence-corrected chi connectivity index (χ1v) is 9.48. The van der Waals surface area contributed by atoms with E-state index in [0.29, 0.717) is 5.13 Å². The highest BCUT2D eigenvalue weighted by atomic mass is 79.9. The number of benzene rings is 1. The molecule has 0 unspecified atom stereocenters. The summed E-state index contributed by atoms with van der Waals surface area (Å²) in [6.07, 6.45) is 0. The fourth-order valence-electron chi connectivity index (χ4n) is 2.40. The molecule has 0 spiro atoms. The number of amides is 1. The van der Waals surface area contributed by atoms with Gasteiger partial charge in [-0.1, -0.05) is 13.8 Å². The second-order valence-corrected chi connectivity index (χ2v) is 7.64. The Kier molecular flexibility index (Phi) is 5.06.